The molecule has 12 heavy (non-hydrogen) atoms. The molecule has 0 aromatic heterocycles. The molecule has 0 aliphatic carbocycles. The minimum atomic E-state index is -0.754. The summed E-state index contributed by atoms with van der Waals surface area (Å²) < 4.78 is 0. The van der Waals surface area contributed by atoms with Crippen LogP contribution in [0.4, 0.5) is 0 Å². The van der Waals surface area contributed by atoms with Crippen molar-refractivity contribution in [2.75, 3.05) is 19.6 Å². The zero-order valence-electron chi connectivity index (χ0n) is 7.53. The predicted molar refractivity (Wildman–Crippen MR) is 45.1 cm³/mol. The number of piperazine rings is 1. The van der Waals surface area contributed by atoms with Gasteiger partial charge in [0.1, 0.15) is 0 Å². The average Bonchev–Trinajstić information content (AvgIpc) is 1.97. The van der Waals surface area contributed by atoms with E-state index in [2.05, 4.69) is 5.32 Å². The molecule has 4 heteroatoms. The summed E-state index contributed by atoms with van der Waals surface area (Å²) in [5.41, 5.74) is 0. The summed E-state index contributed by atoms with van der Waals surface area (Å²) in [7, 11) is 0. The first kappa shape index (κ1) is 9.48. The van der Waals surface area contributed by atoms with E-state index < -0.39 is 5.97 Å². The van der Waals surface area contributed by atoms with E-state index in [0.717, 1.165) is 13.1 Å². The van der Waals surface area contributed by atoms with Gasteiger partial charge in [0.05, 0.1) is 6.54 Å². The first-order chi connectivity index (χ1) is 5.61. The second-order valence-corrected chi connectivity index (χ2v) is 3.35. The van der Waals surface area contributed by atoms with Gasteiger partial charge in [-0.2, -0.15) is 0 Å². The molecule has 1 saturated heterocycles. The highest BCUT2D eigenvalue weighted by atomic mass is 16.4. The maximum Gasteiger partial charge on any atom is 0.317 e. The molecule has 0 bridgehead atoms. The Hall–Kier alpha value is -0.610. The van der Waals surface area contributed by atoms with Crippen LogP contribution < -0.4 is 5.32 Å². The molecular formula is C8H15N2O2. The average molecular weight is 171 g/mol. The largest absolute Gasteiger partial charge is 0.480 e. The predicted octanol–water partition coefficient (Wildman–Crippen LogP) is -0.232. The number of carboxylic acid groups (broad SMARTS) is 1. The summed E-state index contributed by atoms with van der Waals surface area (Å²) in [6.45, 7) is 5.69. The van der Waals surface area contributed by atoms with Crippen LogP contribution in [-0.4, -0.2) is 47.7 Å². The Balaban J connectivity index is 2.50. The third-order valence-electron chi connectivity index (χ3n) is 2.24. The zero-order valence-corrected chi connectivity index (χ0v) is 7.53. The highest BCUT2D eigenvalue weighted by Gasteiger charge is 2.26. The van der Waals surface area contributed by atoms with Crippen LogP contribution in [0.2, 0.25) is 0 Å². The second kappa shape index (κ2) is 3.87. The van der Waals surface area contributed by atoms with Crippen molar-refractivity contribution in [3.8, 4) is 0 Å². The van der Waals surface area contributed by atoms with Crippen molar-refractivity contribution in [2.45, 2.75) is 25.9 Å². The molecule has 1 heterocycles. The van der Waals surface area contributed by atoms with Crippen LogP contribution in [0.5, 0.6) is 0 Å². The minimum absolute atomic E-state index is 0.137. The molecule has 0 spiro atoms. The lowest BCUT2D eigenvalue weighted by molar-refractivity contribution is -0.139. The Kier molecular flexibility index (Phi) is 3.05. The van der Waals surface area contributed by atoms with E-state index in [0.29, 0.717) is 0 Å². The molecule has 1 aliphatic heterocycles. The molecule has 2 unspecified atom stereocenters. The van der Waals surface area contributed by atoms with Gasteiger partial charge in [-0.15, -0.1) is 0 Å². The summed E-state index contributed by atoms with van der Waals surface area (Å²) in [6.07, 6.45) is 0. The van der Waals surface area contributed by atoms with E-state index in [1.165, 1.54) is 0 Å². The molecule has 1 N–H and O–H groups in total. The van der Waals surface area contributed by atoms with Gasteiger partial charge in [0.2, 0.25) is 0 Å². The van der Waals surface area contributed by atoms with Crippen molar-refractivity contribution in [1.29, 1.82) is 0 Å². The first-order valence-electron chi connectivity index (χ1n) is 4.22. The number of hydrogen-bond donors (Lipinski definition) is 1. The van der Waals surface area contributed by atoms with Gasteiger partial charge < -0.3 is 5.11 Å². The van der Waals surface area contributed by atoms with Crippen molar-refractivity contribution >= 4 is 5.97 Å². The van der Waals surface area contributed by atoms with Crippen LogP contribution in [0.3, 0.4) is 0 Å². The maximum atomic E-state index is 10.5. The van der Waals surface area contributed by atoms with Crippen LogP contribution in [0.25, 0.3) is 0 Å². The smallest absolute Gasteiger partial charge is 0.317 e. The molecule has 0 aromatic rings. The Labute approximate surface area is 72.6 Å². The van der Waals surface area contributed by atoms with Gasteiger partial charge in [0, 0.05) is 25.2 Å². The highest BCUT2D eigenvalue weighted by molar-refractivity contribution is 5.69. The van der Waals surface area contributed by atoms with Gasteiger partial charge in [-0.1, -0.05) is 0 Å². The van der Waals surface area contributed by atoms with Gasteiger partial charge in [-0.25, -0.2) is 5.32 Å². The highest BCUT2D eigenvalue weighted by Crippen LogP contribution is 2.09. The minimum Gasteiger partial charge on any atom is -0.480 e. The van der Waals surface area contributed by atoms with Crippen LogP contribution in [0.1, 0.15) is 13.8 Å². The maximum absolute atomic E-state index is 10.5. The lowest BCUT2D eigenvalue weighted by atomic mass is 10.1. The van der Waals surface area contributed by atoms with Crippen LogP contribution in [-0.2, 0) is 4.79 Å². The quantitative estimate of drug-likeness (QED) is 0.624. The van der Waals surface area contributed by atoms with Crippen LogP contribution in [0, 0.1) is 0 Å². The molecule has 69 valence electrons. The fourth-order valence-electron chi connectivity index (χ4n) is 1.56. The number of carboxylic acids is 1. The number of rotatable bonds is 2. The van der Waals surface area contributed by atoms with E-state index >= 15 is 0 Å². The van der Waals surface area contributed by atoms with Crippen molar-refractivity contribution in [3.63, 3.8) is 0 Å². The zero-order chi connectivity index (χ0) is 9.14. The molecule has 1 radical (unpaired) electrons. The van der Waals surface area contributed by atoms with Gasteiger partial charge in [0.15, 0.2) is 0 Å². The van der Waals surface area contributed by atoms with E-state index in [-0.39, 0.29) is 18.6 Å². The molecule has 0 aromatic carbocycles. The molecule has 2 atom stereocenters. The molecule has 0 saturated carbocycles. The number of hydrogen-bond acceptors (Lipinski definition) is 2. The second-order valence-electron chi connectivity index (χ2n) is 3.35. The van der Waals surface area contributed by atoms with E-state index in [1.54, 1.807) is 0 Å². The molecular weight excluding hydrogens is 156 g/mol. The topological polar surface area (TPSA) is 54.6 Å². The molecule has 1 fully saturated rings. The van der Waals surface area contributed by atoms with E-state index in [9.17, 15) is 4.79 Å². The summed E-state index contributed by atoms with van der Waals surface area (Å²) >= 11 is 0. The van der Waals surface area contributed by atoms with Gasteiger partial charge >= 0.3 is 5.97 Å². The Morgan fingerprint density at radius 3 is 2.42 bits per heavy atom. The lowest BCUT2D eigenvalue weighted by Gasteiger charge is -2.37. The first-order valence-corrected chi connectivity index (χ1v) is 4.22. The lowest BCUT2D eigenvalue weighted by Crippen LogP contribution is -2.54. The normalized spacial score (nSPS) is 31.8. The van der Waals surface area contributed by atoms with Crippen LogP contribution >= 0.6 is 0 Å². The third-order valence-corrected chi connectivity index (χ3v) is 2.24. The number of aliphatic carboxylic acids is 1. The van der Waals surface area contributed by atoms with Crippen LogP contribution in [0.15, 0.2) is 0 Å². The van der Waals surface area contributed by atoms with Crippen molar-refractivity contribution in [2.24, 2.45) is 0 Å². The van der Waals surface area contributed by atoms with Crippen molar-refractivity contribution in [1.82, 2.24) is 10.2 Å². The van der Waals surface area contributed by atoms with Gasteiger partial charge in [-0.3, -0.25) is 9.69 Å². The van der Waals surface area contributed by atoms with Gasteiger partial charge in [0.25, 0.3) is 0 Å². The third kappa shape index (κ3) is 2.19. The summed E-state index contributed by atoms with van der Waals surface area (Å²) in [5, 5.41) is 12.9. The monoisotopic (exact) mass is 171 g/mol. The number of carbonyl (C=O) groups is 1. The van der Waals surface area contributed by atoms with E-state index in [4.69, 9.17) is 5.11 Å². The molecule has 1 aliphatic rings. The standard InChI is InChI=1S/C8H15N2O2/c1-6-3-9-4-7(2)10(6)5-8(11)12/h6-7H,3-5H2,1-2H3,(H,11,12). The van der Waals surface area contributed by atoms with Gasteiger partial charge in [-0.05, 0) is 13.8 Å². The fraction of sp³-hybridized carbons (Fsp3) is 0.875. The van der Waals surface area contributed by atoms with E-state index in [1.807, 2.05) is 18.7 Å². The Morgan fingerprint density at radius 1 is 1.50 bits per heavy atom. The Bertz CT molecular complexity index is 162. The molecule has 1 rings (SSSR count). The number of nitrogens with zero attached hydrogens (tertiary/aromatic N) is 2. The molecule has 4 nitrogen and oxygen atoms in total. The SMILES string of the molecule is CC1C[N]CC(C)N1CC(=O)O. The summed E-state index contributed by atoms with van der Waals surface area (Å²) in [6, 6.07) is 0.537. The summed E-state index contributed by atoms with van der Waals surface area (Å²) in [5.74, 6) is -0.754. The molecule has 0 amide bonds. The van der Waals surface area contributed by atoms with Crippen molar-refractivity contribution in [3.05, 3.63) is 0 Å². The fourth-order valence-corrected chi connectivity index (χ4v) is 1.56. The summed E-state index contributed by atoms with van der Waals surface area (Å²) in [4.78, 5) is 12.5. The Morgan fingerprint density at radius 2 is 2.00 bits per heavy atom. The van der Waals surface area contributed by atoms with Crippen molar-refractivity contribution < 1.29 is 9.90 Å².